The fraction of sp³-hybridized carbons (Fsp3) is 0.300. The summed E-state index contributed by atoms with van der Waals surface area (Å²) in [5.41, 5.74) is 1.51. The number of benzene rings is 1. The van der Waals surface area contributed by atoms with Crippen LogP contribution in [0, 0.1) is 0 Å². The molecule has 0 saturated heterocycles. The van der Waals surface area contributed by atoms with Gasteiger partial charge in [-0.1, -0.05) is 41.0 Å². The molecule has 0 spiro atoms. The van der Waals surface area contributed by atoms with E-state index in [1.165, 1.54) is 0 Å². The number of alkyl halides is 1. The van der Waals surface area contributed by atoms with Gasteiger partial charge in [-0.2, -0.15) is 0 Å². The number of Topliss-reactive ketones (excluding diaryl/α,β-unsaturated/α-hetero) is 1. The minimum absolute atomic E-state index is 0.0263. The normalized spacial score (nSPS) is 12.5. The third kappa shape index (κ3) is 2.18. The summed E-state index contributed by atoms with van der Waals surface area (Å²) in [6.45, 7) is -0.871. The molecule has 0 N–H and O–H groups in total. The summed E-state index contributed by atoms with van der Waals surface area (Å²) in [5.74, 6) is 0.0263. The molecule has 0 aliphatic carbocycles. The Labute approximate surface area is 83.7 Å². The van der Waals surface area contributed by atoms with Crippen LogP contribution in [0.2, 0.25) is 0 Å². The fourth-order valence-electron chi connectivity index (χ4n) is 0.949. The Bertz CT molecular complexity index is 326. The summed E-state index contributed by atoms with van der Waals surface area (Å²) in [5, 5.41) is 0.307. The average Bonchev–Trinajstić information content (AvgIpc) is 2.16. The first-order valence-electron chi connectivity index (χ1n) is 4.81. The number of hydrogen-bond donors (Lipinski definition) is 0. The van der Waals surface area contributed by atoms with Gasteiger partial charge in [0.2, 0.25) is 0 Å². The molecule has 0 atom stereocenters. The Balaban J connectivity index is 2.84. The maximum Gasteiger partial charge on any atom is 0.173 e. The molecule has 2 heteroatoms. The third-order valence-corrected chi connectivity index (χ3v) is 2.12. The molecule has 64 valence electrons. The lowest BCUT2D eigenvalue weighted by atomic mass is 10.1. The molecule has 1 rings (SSSR count). The summed E-state index contributed by atoms with van der Waals surface area (Å²) in [6.07, 6.45) is 0.364. The molecule has 0 bridgehead atoms. The SMILES string of the molecule is [2H]C([2H])Cc1cccc(C(=O)CBr)c1. The number of hydrogen-bond acceptors (Lipinski definition) is 1. The molecule has 0 unspecified atom stereocenters. The Morgan fingerprint density at radius 3 is 3.17 bits per heavy atom. The number of carbonyl (C=O) groups is 1. The molecule has 1 nitrogen and oxygen atoms in total. The minimum atomic E-state index is -0.871. The highest BCUT2D eigenvalue weighted by Gasteiger charge is 2.02. The van der Waals surface area contributed by atoms with Crippen LogP contribution in [0.5, 0.6) is 0 Å². The van der Waals surface area contributed by atoms with Crippen LogP contribution >= 0.6 is 15.9 Å². The van der Waals surface area contributed by atoms with Crippen LogP contribution in [-0.4, -0.2) is 11.1 Å². The van der Waals surface area contributed by atoms with Crippen LogP contribution in [-0.2, 0) is 6.42 Å². The van der Waals surface area contributed by atoms with E-state index in [-0.39, 0.29) is 5.78 Å². The van der Waals surface area contributed by atoms with Gasteiger partial charge < -0.3 is 0 Å². The van der Waals surface area contributed by atoms with Crippen molar-refractivity contribution in [2.75, 3.05) is 5.33 Å². The van der Waals surface area contributed by atoms with Crippen LogP contribution in [0.15, 0.2) is 24.3 Å². The zero-order valence-corrected chi connectivity index (χ0v) is 8.17. The van der Waals surface area contributed by atoms with Gasteiger partial charge in [-0.25, -0.2) is 0 Å². The third-order valence-electron chi connectivity index (χ3n) is 1.61. The van der Waals surface area contributed by atoms with E-state index in [1.807, 2.05) is 6.07 Å². The van der Waals surface area contributed by atoms with Gasteiger partial charge >= 0.3 is 0 Å². The smallest absolute Gasteiger partial charge is 0.173 e. The van der Waals surface area contributed by atoms with Gasteiger partial charge in [-0.15, -0.1) is 0 Å². The standard InChI is InChI=1S/C10H11BrO/c1-2-8-4-3-5-9(6-8)10(12)7-11/h3-6H,2,7H2,1H3/i1D2. The lowest BCUT2D eigenvalue weighted by molar-refractivity contribution is 0.102. The maximum atomic E-state index is 11.3. The number of rotatable bonds is 3. The van der Waals surface area contributed by atoms with Crippen LogP contribution in [0.1, 0.15) is 25.5 Å². The van der Waals surface area contributed by atoms with Crippen molar-refractivity contribution in [3.05, 3.63) is 35.4 Å². The number of aryl methyl sites for hydroxylation is 1. The monoisotopic (exact) mass is 228 g/mol. The molecule has 0 aliphatic rings. The Morgan fingerprint density at radius 2 is 2.50 bits per heavy atom. The van der Waals surface area contributed by atoms with Crippen molar-refractivity contribution < 1.29 is 7.54 Å². The van der Waals surface area contributed by atoms with Crippen LogP contribution in [0.4, 0.5) is 0 Å². The number of halogens is 1. The van der Waals surface area contributed by atoms with Crippen molar-refractivity contribution in [2.45, 2.75) is 13.3 Å². The van der Waals surface area contributed by atoms with Crippen molar-refractivity contribution in [1.82, 2.24) is 0 Å². The second kappa shape index (κ2) is 4.41. The van der Waals surface area contributed by atoms with Crippen molar-refractivity contribution in [2.24, 2.45) is 0 Å². The highest BCUT2D eigenvalue weighted by atomic mass is 79.9. The van der Waals surface area contributed by atoms with Gasteiger partial charge in [-0.3, -0.25) is 4.79 Å². The minimum Gasteiger partial charge on any atom is -0.293 e. The largest absolute Gasteiger partial charge is 0.293 e. The lowest BCUT2D eigenvalue weighted by Gasteiger charge is -1.99. The van der Waals surface area contributed by atoms with Crippen molar-refractivity contribution >= 4 is 21.7 Å². The quantitative estimate of drug-likeness (QED) is 0.575. The average molecular weight is 229 g/mol. The Morgan fingerprint density at radius 1 is 1.67 bits per heavy atom. The van der Waals surface area contributed by atoms with Crippen LogP contribution < -0.4 is 0 Å². The van der Waals surface area contributed by atoms with Gasteiger partial charge in [0, 0.05) is 8.30 Å². The summed E-state index contributed by atoms with van der Waals surface area (Å²) >= 11 is 3.10. The molecular weight excluding hydrogens is 216 g/mol. The van der Waals surface area contributed by atoms with Crippen molar-refractivity contribution in [1.29, 1.82) is 0 Å². The summed E-state index contributed by atoms with van der Waals surface area (Å²) in [4.78, 5) is 11.3. The molecule has 12 heavy (non-hydrogen) atoms. The van der Waals surface area contributed by atoms with Gasteiger partial charge in [0.05, 0.1) is 5.33 Å². The molecule has 1 aromatic carbocycles. The molecule has 0 amide bonds. The van der Waals surface area contributed by atoms with Gasteiger partial charge in [-0.05, 0) is 18.1 Å². The predicted octanol–water partition coefficient (Wildman–Crippen LogP) is 2.83. The van der Waals surface area contributed by atoms with E-state index >= 15 is 0 Å². The summed E-state index contributed by atoms with van der Waals surface area (Å²) < 4.78 is 14.2. The molecule has 0 saturated carbocycles. The van der Waals surface area contributed by atoms with E-state index in [1.54, 1.807) is 18.2 Å². The first-order chi connectivity index (χ1) is 6.63. The molecule has 0 aromatic heterocycles. The van der Waals surface area contributed by atoms with Crippen molar-refractivity contribution in [3.63, 3.8) is 0 Å². The lowest BCUT2D eigenvalue weighted by Crippen LogP contribution is -1.99. The number of ketones is 1. The fourth-order valence-corrected chi connectivity index (χ4v) is 1.27. The Kier molecular flexibility index (Phi) is 2.51. The summed E-state index contributed by atoms with van der Waals surface area (Å²) in [6, 6.07) is 7.12. The molecular formula is C10H11BrO. The zero-order valence-electron chi connectivity index (χ0n) is 8.59. The van der Waals surface area contributed by atoms with E-state index in [4.69, 9.17) is 2.74 Å². The van der Waals surface area contributed by atoms with Gasteiger partial charge in [0.25, 0.3) is 0 Å². The Hall–Kier alpha value is -0.630. The second-order valence-corrected chi connectivity index (χ2v) is 3.02. The molecule has 0 fully saturated rings. The topological polar surface area (TPSA) is 17.1 Å². The molecule has 0 heterocycles. The molecule has 1 aromatic rings. The van der Waals surface area contributed by atoms with Crippen LogP contribution in [0.25, 0.3) is 0 Å². The van der Waals surface area contributed by atoms with Crippen molar-refractivity contribution in [3.8, 4) is 0 Å². The molecule has 0 radical (unpaired) electrons. The van der Waals surface area contributed by atoms with E-state index in [2.05, 4.69) is 15.9 Å². The highest BCUT2D eigenvalue weighted by molar-refractivity contribution is 9.09. The van der Waals surface area contributed by atoms with Crippen LogP contribution in [0.3, 0.4) is 0 Å². The van der Waals surface area contributed by atoms with E-state index in [0.717, 1.165) is 5.56 Å². The number of carbonyl (C=O) groups excluding carboxylic acids is 1. The summed E-state index contributed by atoms with van der Waals surface area (Å²) in [7, 11) is 0. The first kappa shape index (κ1) is 6.84. The predicted molar refractivity (Wildman–Crippen MR) is 53.9 cm³/mol. The van der Waals surface area contributed by atoms with E-state index in [9.17, 15) is 4.79 Å². The van der Waals surface area contributed by atoms with Gasteiger partial charge in [0.15, 0.2) is 5.78 Å². The second-order valence-electron chi connectivity index (χ2n) is 2.46. The van der Waals surface area contributed by atoms with E-state index < -0.39 is 6.88 Å². The zero-order chi connectivity index (χ0) is 10.6. The highest BCUT2D eigenvalue weighted by Crippen LogP contribution is 2.07. The van der Waals surface area contributed by atoms with Gasteiger partial charge in [0.1, 0.15) is 0 Å². The first-order valence-corrected chi connectivity index (χ1v) is 4.78. The maximum absolute atomic E-state index is 11.3. The molecule has 0 aliphatic heterocycles. The van der Waals surface area contributed by atoms with E-state index in [0.29, 0.717) is 17.3 Å².